The van der Waals surface area contributed by atoms with E-state index in [9.17, 15) is 0 Å². The number of rotatable bonds is 26. The standard InChI is InChI=1S/C87H117IN2/c1-9-13-15-19-54-86(55-20-16-14-10-2)82-25-18-17-24-80(82)81-51-50-79(60-83(81)86)90(77-46-36-66(37-47-77)65-34-44-75(45-35-65)89-76-23-21-22-68(59-76)70-29-27-67-26-28-69(67)58-70)78-48-42-74(43-49-78)87(88)56-52-73(53-57-87)85(8,61-62(5)6)72-40-32-64(33-41-72)63-30-38-71(39-31-63)84(7,11-3)12-4/h21-25,30-31,34,36,38-39,42,44,46,48,50-51,58-59,62,64,72-73,79,89H,9-20,26-29,32-33,35,37,40-41,43,45,47,49,52-57,60-61H2,1-8H3. The Hall–Kier alpha value is -4.35. The van der Waals surface area contributed by atoms with Crippen LogP contribution in [0, 0.1) is 28.6 Å². The second-order valence-electron chi connectivity index (χ2n) is 31.3. The van der Waals surface area contributed by atoms with Gasteiger partial charge in [0, 0.05) is 31.6 Å². The maximum Gasteiger partial charge on any atom is 0.0557 e. The second-order valence-corrected chi connectivity index (χ2v) is 33.3. The normalized spacial score (nSPS) is 26.5. The van der Waals surface area contributed by atoms with Gasteiger partial charge in [0.15, 0.2) is 0 Å². The third-order valence-electron chi connectivity index (χ3n) is 25.6. The molecule has 1 N–H and O–H groups in total. The Kier molecular flexibility index (Phi) is 21.2. The summed E-state index contributed by atoms with van der Waals surface area (Å²) in [6.07, 6.45) is 71.8. The van der Waals surface area contributed by atoms with Crippen LogP contribution in [0.2, 0.25) is 0 Å². The summed E-state index contributed by atoms with van der Waals surface area (Å²) in [6.45, 7) is 19.7. The largest absolute Gasteiger partial charge is 0.359 e. The zero-order valence-corrected chi connectivity index (χ0v) is 59.9. The molecule has 0 radical (unpaired) electrons. The van der Waals surface area contributed by atoms with Crippen LogP contribution in [0.5, 0.6) is 0 Å². The molecule has 2 fully saturated rings. The summed E-state index contributed by atoms with van der Waals surface area (Å²) in [5.41, 5.74) is 27.4. The van der Waals surface area contributed by atoms with Crippen molar-refractivity contribution in [3.63, 3.8) is 0 Å². The molecule has 2 aromatic carbocycles. The maximum atomic E-state index is 3.86. The summed E-state index contributed by atoms with van der Waals surface area (Å²) < 4.78 is 0.255. The number of hydrogen-bond acceptors (Lipinski definition) is 2. The molecule has 2 atom stereocenters. The van der Waals surface area contributed by atoms with Gasteiger partial charge >= 0.3 is 0 Å². The van der Waals surface area contributed by atoms with E-state index in [-0.39, 0.29) is 8.84 Å². The van der Waals surface area contributed by atoms with Crippen molar-refractivity contribution >= 4 is 33.9 Å². The average Bonchev–Trinajstić information content (AvgIpc) is 2.50. The first-order chi connectivity index (χ1) is 43.8. The van der Waals surface area contributed by atoms with Gasteiger partial charge in [0.2, 0.25) is 0 Å². The minimum absolute atomic E-state index is 0.178. The van der Waals surface area contributed by atoms with Crippen molar-refractivity contribution in [2.75, 3.05) is 5.32 Å². The zero-order valence-electron chi connectivity index (χ0n) is 57.7. The fourth-order valence-electron chi connectivity index (χ4n) is 19.6. The minimum atomic E-state index is 0.178. The van der Waals surface area contributed by atoms with Gasteiger partial charge < -0.3 is 10.2 Å². The number of benzene rings is 2. The van der Waals surface area contributed by atoms with Crippen molar-refractivity contribution in [3.8, 4) is 0 Å². The quantitative estimate of drug-likeness (QED) is 0.0574. The Labute approximate surface area is 562 Å². The molecule has 0 saturated heterocycles. The van der Waals surface area contributed by atoms with Crippen LogP contribution in [-0.4, -0.2) is 14.4 Å². The molecule has 12 rings (SSSR count). The number of fused-ring (bicyclic) bond motifs is 2. The van der Waals surface area contributed by atoms with Crippen LogP contribution in [-0.2, 0) is 5.41 Å². The Morgan fingerprint density at radius 2 is 1.30 bits per heavy atom. The van der Waals surface area contributed by atoms with Crippen molar-refractivity contribution in [1.29, 1.82) is 0 Å². The molecule has 10 aliphatic rings. The molecule has 2 unspecified atom stereocenters. The first-order valence-electron chi connectivity index (χ1n) is 37.7. The highest BCUT2D eigenvalue weighted by atomic mass is 127. The molecule has 482 valence electrons. The highest BCUT2D eigenvalue weighted by molar-refractivity contribution is 14.1. The van der Waals surface area contributed by atoms with Gasteiger partial charge in [-0.25, -0.2) is 0 Å². The lowest BCUT2D eigenvalue weighted by Crippen LogP contribution is -2.43. The lowest BCUT2D eigenvalue weighted by molar-refractivity contribution is 0.0150. The van der Waals surface area contributed by atoms with E-state index in [0.29, 0.717) is 16.9 Å². The van der Waals surface area contributed by atoms with Crippen LogP contribution in [0.1, 0.15) is 296 Å². The first kappa shape index (κ1) is 65.7. The number of halogens is 1. The van der Waals surface area contributed by atoms with Gasteiger partial charge in [0.05, 0.1) is 6.04 Å². The van der Waals surface area contributed by atoms with Crippen molar-refractivity contribution < 1.29 is 0 Å². The fraction of sp³-hybridized carbons (Fsp3) is 0.586. The van der Waals surface area contributed by atoms with Gasteiger partial charge in [-0.15, -0.1) is 0 Å². The Balaban J connectivity index is 0.783. The third kappa shape index (κ3) is 13.9. The Bertz CT molecular complexity index is 3270. The SMILES string of the molecule is CCCCCCC1(CCCCCC)C2=CCCC=C2C2=C1CC(N(C1=CC=C(C3=CC=C(Nc4cccc(C5=CC6=C(CC5)CC6)c4)CC3)CC1)C1=CC=C(C3(I)CCC(C(C)(CC(C)C)C4CCC(c5ccc(C(C)(CC)CC)cc5)CC4)CC3)CC1)C=C2. The van der Waals surface area contributed by atoms with Gasteiger partial charge in [-0.1, -0.05) is 225 Å². The Morgan fingerprint density at radius 3 is 1.91 bits per heavy atom. The van der Waals surface area contributed by atoms with E-state index in [1.54, 1.807) is 50.3 Å². The van der Waals surface area contributed by atoms with Crippen molar-refractivity contribution in [2.45, 2.75) is 294 Å². The highest BCUT2D eigenvalue weighted by Crippen LogP contribution is 2.62. The third-order valence-corrected chi connectivity index (χ3v) is 27.4. The van der Waals surface area contributed by atoms with Gasteiger partial charge in [0.25, 0.3) is 0 Å². The summed E-state index contributed by atoms with van der Waals surface area (Å²) in [5, 5.41) is 3.86. The topological polar surface area (TPSA) is 15.3 Å². The molecule has 90 heavy (non-hydrogen) atoms. The predicted octanol–water partition coefficient (Wildman–Crippen LogP) is 26.2. The van der Waals surface area contributed by atoms with Crippen molar-refractivity contribution in [1.82, 2.24) is 4.90 Å². The lowest BCUT2D eigenvalue weighted by atomic mass is 9.55. The van der Waals surface area contributed by atoms with Crippen LogP contribution in [0.15, 0.2) is 183 Å². The Morgan fingerprint density at radius 1 is 0.644 bits per heavy atom. The average molecular weight is 1320 g/mol. The van der Waals surface area contributed by atoms with Crippen LogP contribution in [0.3, 0.4) is 0 Å². The van der Waals surface area contributed by atoms with E-state index in [0.717, 1.165) is 62.2 Å². The van der Waals surface area contributed by atoms with Crippen LogP contribution < -0.4 is 5.32 Å². The molecule has 10 aliphatic carbocycles. The van der Waals surface area contributed by atoms with Gasteiger partial charge in [0.1, 0.15) is 0 Å². The molecule has 2 nitrogen and oxygen atoms in total. The van der Waals surface area contributed by atoms with Gasteiger partial charge in [-0.2, -0.15) is 0 Å². The molecular formula is C87H117IN2. The molecule has 0 spiro atoms. The van der Waals surface area contributed by atoms with Gasteiger partial charge in [-0.05, 0) is 293 Å². The van der Waals surface area contributed by atoms with E-state index in [2.05, 4.69) is 204 Å². The van der Waals surface area contributed by atoms with E-state index in [1.165, 1.54) is 225 Å². The monoisotopic (exact) mass is 1320 g/mol. The molecule has 0 bridgehead atoms. The molecule has 0 amide bonds. The van der Waals surface area contributed by atoms with Crippen LogP contribution in [0.4, 0.5) is 5.69 Å². The molecular weight excluding hydrogens is 1200 g/mol. The van der Waals surface area contributed by atoms with Gasteiger partial charge in [-0.3, -0.25) is 0 Å². The zero-order chi connectivity index (χ0) is 62.5. The fourth-order valence-corrected chi connectivity index (χ4v) is 20.7. The second kappa shape index (κ2) is 29.1. The summed E-state index contributed by atoms with van der Waals surface area (Å²) in [6, 6.07) is 19.5. The van der Waals surface area contributed by atoms with E-state index >= 15 is 0 Å². The summed E-state index contributed by atoms with van der Waals surface area (Å²) >= 11 is 2.99. The number of nitrogens with one attached hydrogen (secondary N) is 1. The van der Waals surface area contributed by atoms with E-state index in [4.69, 9.17) is 0 Å². The maximum absolute atomic E-state index is 3.86. The number of allylic oxidation sites excluding steroid dienone is 22. The highest BCUT2D eigenvalue weighted by Gasteiger charge is 2.50. The summed E-state index contributed by atoms with van der Waals surface area (Å²) in [5.74, 6) is 3.11. The van der Waals surface area contributed by atoms with E-state index < -0.39 is 0 Å². The molecule has 2 aromatic rings. The smallest absolute Gasteiger partial charge is 0.0557 e. The predicted molar refractivity (Wildman–Crippen MR) is 397 cm³/mol. The summed E-state index contributed by atoms with van der Waals surface area (Å²) in [7, 11) is 0. The number of alkyl halides is 1. The molecule has 2 saturated carbocycles. The van der Waals surface area contributed by atoms with Crippen molar-refractivity contribution in [2.24, 2.45) is 28.6 Å². The van der Waals surface area contributed by atoms with Crippen LogP contribution >= 0.6 is 22.6 Å². The summed E-state index contributed by atoms with van der Waals surface area (Å²) in [4.78, 5) is 2.92. The number of anilines is 1. The number of nitrogens with zero attached hydrogens (tertiary/aromatic N) is 1. The lowest BCUT2D eigenvalue weighted by Gasteiger charge is -2.51. The first-order valence-corrected chi connectivity index (χ1v) is 38.8. The number of hydrogen-bond donors (Lipinski definition) is 1. The van der Waals surface area contributed by atoms with Crippen molar-refractivity contribution in [3.05, 3.63) is 199 Å². The number of unbranched alkanes of at least 4 members (excludes halogenated alkanes) is 6. The van der Waals surface area contributed by atoms with Crippen LogP contribution in [0.25, 0.3) is 5.57 Å². The van der Waals surface area contributed by atoms with E-state index in [1.807, 2.05) is 0 Å². The molecule has 0 aliphatic heterocycles. The molecule has 0 heterocycles. The molecule has 0 aromatic heterocycles. The molecule has 3 heteroatoms. The minimum Gasteiger partial charge on any atom is -0.359 e.